The molecule has 0 aromatic heterocycles. The monoisotopic (exact) mass is 363 g/mol. The van der Waals surface area contributed by atoms with Gasteiger partial charge in [-0.3, -0.25) is 0 Å². The van der Waals surface area contributed by atoms with Crippen LogP contribution < -0.4 is 4.90 Å². The van der Waals surface area contributed by atoms with Crippen molar-refractivity contribution >= 4 is 5.69 Å². The lowest BCUT2D eigenvalue weighted by molar-refractivity contribution is 0.00734. The molecule has 1 unspecified atom stereocenters. The molecular formula is C24H26FNO. The average Bonchev–Trinajstić information content (AvgIpc) is 2.74. The molecule has 0 fully saturated rings. The van der Waals surface area contributed by atoms with Gasteiger partial charge in [0, 0.05) is 18.8 Å². The Hall–Kier alpha value is -2.65. The van der Waals surface area contributed by atoms with Gasteiger partial charge >= 0.3 is 0 Å². The maximum atomic E-state index is 13.3. The third kappa shape index (κ3) is 4.75. The molecule has 140 valence electrons. The van der Waals surface area contributed by atoms with Crippen LogP contribution in [-0.4, -0.2) is 11.8 Å². The predicted octanol–water partition coefficient (Wildman–Crippen LogP) is 5.46. The Kier molecular flexibility index (Phi) is 6.25. The normalized spacial score (nSPS) is 13.1. The standard InChI is InChI=1S/C24H26FNO/c1-2-24(27,19-25)22-13-15-23(16-14-22)26(17-20-9-5-3-6-10-20)18-21-11-7-4-8-12-21/h3-16,27H,2,17-19H2,1H3. The number of hydrogen-bond acceptors (Lipinski definition) is 2. The van der Waals surface area contributed by atoms with Crippen molar-refractivity contribution < 1.29 is 9.50 Å². The molecule has 1 atom stereocenters. The van der Waals surface area contributed by atoms with E-state index in [1.807, 2.05) is 60.7 Å². The molecule has 3 heteroatoms. The molecule has 0 radical (unpaired) electrons. The van der Waals surface area contributed by atoms with E-state index in [-0.39, 0.29) is 0 Å². The molecule has 2 nitrogen and oxygen atoms in total. The maximum Gasteiger partial charge on any atom is 0.122 e. The van der Waals surface area contributed by atoms with E-state index in [1.165, 1.54) is 11.1 Å². The van der Waals surface area contributed by atoms with Crippen molar-refractivity contribution in [2.24, 2.45) is 0 Å². The first-order chi connectivity index (χ1) is 13.1. The summed E-state index contributed by atoms with van der Waals surface area (Å²) < 4.78 is 13.3. The van der Waals surface area contributed by atoms with E-state index in [0.29, 0.717) is 12.0 Å². The molecule has 0 saturated heterocycles. The highest BCUT2D eigenvalue weighted by Gasteiger charge is 2.27. The van der Waals surface area contributed by atoms with Crippen LogP contribution in [0.1, 0.15) is 30.0 Å². The van der Waals surface area contributed by atoms with Gasteiger partial charge in [-0.1, -0.05) is 79.7 Å². The highest BCUT2D eigenvalue weighted by atomic mass is 19.1. The van der Waals surface area contributed by atoms with E-state index in [2.05, 4.69) is 29.2 Å². The second-order valence-corrected chi connectivity index (χ2v) is 6.89. The lowest BCUT2D eigenvalue weighted by Gasteiger charge is -2.28. The van der Waals surface area contributed by atoms with Crippen molar-refractivity contribution in [3.8, 4) is 0 Å². The van der Waals surface area contributed by atoms with Crippen molar-refractivity contribution in [2.75, 3.05) is 11.6 Å². The Morgan fingerprint density at radius 3 is 1.67 bits per heavy atom. The number of aliphatic hydroxyl groups is 1. The summed E-state index contributed by atoms with van der Waals surface area (Å²) in [5.41, 5.74) is 2.72. The van der Waals surface area contributed by atoms with Crippen molar-refractivity contribution in [3.63, 3.8) is 0 Å². The summed E-state index contributed by atoms with van der Waals surface area (Å²) in [7, 11) is 0. The van der Waals surface area contributed by atoms with Crippen LogP contribution in [0.4, 0.5) is 10.1 Å². The number of anilines is 1. The van der Waals surface area contributed by atoms with E-state index >= 15 is 0 Å². The number of rotatable bonds is 8. The van der Waals surface area contributed by atoms with Gasteiger partial charge in [-0.15, -0.1) is 0 Å². The van der Waals surface area contributed by atoms with Crippen LogP contribution >= 0.6 is 0 Å². The smallest absolute Gasteiger partial charge is 0.122 e. The fourth-order valence-electron chi connectivity index (χ4n) is 3.20. The highest BCUT2D eigenvalue weighted by Crippen LogP contribution is 2.28. The van der Waals surface area contributed by atoms with Crippen LogP contribution in [0.15, 0.2) is 84.9 Å². The molecule has 0 amide bonds. The topological polar surface area (TPSA) is 23.5 Å². The molecule has 0 bridgehead atoms. The minimum atomic E-state index is -1.40. The average molecular weight is 363 g/mol. The SMILES string of the molecule is CCC(O)(CF)c1ccc(N(Cc2ccccc2)Cc2ccccc2)cc1. The Labute approximate surface area is 160 Å². The summed E-state index contributed by atoms with van der Waals surface area (Å²) in [5, 5.41) is 10.4. The van der Waals surface area contributed by atoms with Gasteiger partial charge in [-0.25, -0.2) is 4.39 Å². The first kappa shape index (κ1) is 19.1. The number of hydrogen-bond donors (Lipinski definition) is 1. The highest BCUT2D eigenvalue weighted by molar-refractivity contribution is 5.49. The maximum absolute atomic E-state index is 13.3. The number of alkyl halides is 1. The van der Waals surface area contributed by atoms with Crippen molar-refractivity contribution in [1.29, 1.82) is 0 Å². The number of nitrogens with zero attached hydrogens (tertiary/aromatic N) is 1. The fraction of sp³-hybridized carbons (Fsp3) is 0.250. The molecule has 0 spiro atoms. The van der Waals surface area contributed by atoms with Gasteiger partial charge in [0.25, 0.3) is 0 Å². The Morgan fingerprint density at radius 2 is 1.26 bits per heavy atom. The molecule has 27 heavy (non-hydrogen) atoms. The molecule has 1 N–H and O–H groups in total. The summed E-state index contributed by atoms with van der Waals surface area (Å²) in [4.78, 5) is 2.29. The fourth-order valence-corrected chi connectivity index (χ4v) is 3.20. The van der Waals surface area contributed by atoms with Crippen LogP contribution in [0.5, 0.6) is 0 Å². The number of benzene rings is 3. The van der Waals surface area contributed by atoms with Crippen LogP contribution in [0.25, 0.3) is 0 Å². The summed E-state index contributed by atoms with van der Waals surface area (Å²) >= 11 is 0. The quantitative estimate of drug-likeness (QED) is 0.574. The first-order valence-electron chi connectivity index (χ1n) is 9.36. The van der Waals surface area contributed by atoms with Crippen molar-refractivity contribution in [3.05, 3.63) is 102 Å². The second kappa shape index (κ2) is 8.83. The lowest BCUT2D eigenvalue weighted by Crippen LogP contribution is -2.27. The van der Waals surface area contributed by atoms with Crippen molar-refractivity contribution in [2.45, 2.75) is 32.0 Å². The number of halogens is 1. The molecule has 0 saturated carbocycles. The van der Waals surface area contributed by atoms with Gasteiger partial charge in [0.2, 0.25) is 0 Å². The minimum Gasteiger partial charge on any atom is -0.382 e. The summed E-state index contributed by atoms with van der Waals surface area (Å²) in [6.07, 6.45) is 0.348. The predicted molar refractivity (Wildman–Crippen MR) is 109 cm³/mol. The summed E-state index contributed by atoms with van der Waals surface area (Å²) in [6.45, 7) is 2.57. The Balaban J connectivity index is 1.87. The van der Waals surface area contributed by atoms with Crippen LogP contribution in [-0.2, 0) is 18.7 Å². The summed E-state index contributed by atoms with van der Waals surface area (Å²) in [5.74, 6) is 0. The third-order valence-corrected chi connectivity index (χ3v) is 5.01. The van der Waals surface area contributed by atoms with Gasteiger partial charge < -0.3 is 10.0 Å². The lowest BCUT2D eigenvalue weighted by atomic mass is 9.92. The van der Waals surface area contributed by atoms with Gasteiger partial charge in [-0.05, 0) is 35.2 Å². The molecule has 3 aromatic carbocycles. The Morgan fingerprint density at radius 1 is 0.778 bits per heavy atom. The van der Waals surface area contributed by atoms with Gasteiger partial charge in [0.1, 0.15) is 12.3 Å². The molecule has 0 aliphatic rings. The Bertz CT molecular complexity index is 773. The third-order valence-electron chi connectivity index (χ3n) is 5.01. The van der Waals surface area contributed by atoms with Crippen LogP contribution in [0.3, 0.4) is 0 Å². The second-order valence-electron chi connectivity index (χ2n) is 6.89. The van der Waals surface area contributed by atoms with Gasteiger partial charge in [0.05, 0.1) is 0 Å². The van der Waals surface area contributed by atoms with Crippen molar-refractivity contribution in [1.82, 2.24) is 0 Å². The van der Waals surface area contributed by atoms with Gasteiger partial charge in [0.15, 0.2) is 0 Å². The zero-order valence-corrected chi connectivity index (χ0v) is 15.7. The molecular weight excluding hydrogens is 337 g/mol. The van der Waals surface area contributed by atoms with E-state index < -0.39 is 12.3 Å². The van der Waals surface area contributed by atoms with E-state index in [1.54, 1.807) is 6.92 Å². The molecule has 0 heterocycles. The van der Waals surface area contributed by atoms with Crippen LogP contribution in [0, 0.1) is 0 Å². The molecule has 3 aromatic rings. The zero-order chi connectivity index (χ0) is 19.1. The first-order valence-corrected chi connectivity index (χ1v) is 9.36. The minimum absolute atomic E-state index is 0.348. The molecule has 0 aliphatic heterocycles. The molecule has 0 aliphatic carbocycles. The van der Waals surface area contributed by atoms with E-state index in [9.17, 15) is 9.50 Å². The van der Waals surface area contributed by atoms with Gasteiger partial charge in [-0.2, -0.15) is 0 Å². The zero-order valence-electron chi connectivity index (χ0n) is 15.7. The largest absolute Gasteiger partial charge is 0.382 e. The van der Waals surface area contributed by atoms with E-state index in [0.717, 1.165) is 18.8 Å². The molecule has 3 rings (SSSR count). The van der Waals surface area contributed by atoms with E-state index in [4.69, 9.17) is 0 Å². The summed E-state index contributed by atoms with van der Waals surface area (Å²) in [6, 6.07) is 28.3. The van der Waals surface area contributed by atoms with Crippen LogP contribution in [0.2, 0.25) is 0 Å².